The van der Waals surface area contributed by atoms with Crippen LogP contribution in [0, 0.1) is 5.41 Å². The molecule has 3 nitrogen and oxygen atoms in total. The molecule has 0 bridgehead atoms. The van der Waals surface area contributed by atoms with Crippen LogP contribution in [0.15, 0.2) is 11.8 Å². The van der Waals surface area contributed by atoms with Crippen LogP contribution in [0.25, 0.3) is 0 Å². The molecule has 0 amide bonds. The van der Waals surface area contributed by atoms with E-state index in [4.69, 9.17) is 10.1 Å². The Morgan fingerprint density at radius 1 is 1.36 bits per heavy atom. The summed E-state index contributed by atoms with van der Waals surface area (Å²) in [6.07, 6.45) is 2.74. The van der Waals surface area contributed by atoms with E-state index in [0.717, 1.165) is 25.2 Å². The third-order valence-electron chi connectivity index (χ3n) is 2.92. The lowest BCUT2D eigenvalue weighted by Gasteiger charge is -2.33. The predicted molar refractivity (Wildman–Crippen MR) is 58.5 cm³/mol. The minimum absolute atomic E-state index is 0.288. The van der Waals surface area contributed by atoms with Crippen LogP contribution in [-0.2, 0) is 4.74 Å². The number of likely N-dealkylation sites (N-methyl/N-ethyl adjacent to an activating group) is 1. The van der Waals surface area contributed by atoms with Crippen LogP contribution in [0.1, 0.15) is 34.1 Å². The molecular formula is C11H20N2O. The van der Waals surface area contributed by atoms with Gasteiger partial charge in [0.05, 0.1) is 5.70 Å². The molecule has 0 saturated carbocycles. The summed E-state index contributed by atoms with van der Waals surface area (Å²) in [6.45, 7) is 10.3. The fourth-order valence-corrected chi connectivity index (χ4v) is 1.84. The van der Waals surface area contributed by atoms with Crippen molar-refractivity contribution in [3.63, 3.8) is 0 Å². The van der Waals surface area contributed by atoms with Crippen molar-refractivity contribution in [3.05, 3.63) is 11.8 Å². The quantitative estimate of drug-likeness (QED) is 0.749. The first kappa shape index (κ1) is 11.1. The normalized spacial score (nSPS) is 26.0. The fraction of sp³-hybridized carbons (Fsp3) is 0.727. The van der Waals surface area contributed by atoms with Gasteiger partial charge in [0.15, 0.2) is 0 Å². The first-order valence-corrected chi connectivity index (χ1v) is 5.32. The summed E-state index contributed by atoms with van der Waals surface area (Å²) in [5.41, 5.74) is 0.860. The van der Waals surface area contributed by atoms with Crippen molar-refractivity contribution in [2.75, 3.05) is 13.1 Å². The van der Waals surface area contributed by atoms with Crippen molar-refractivity contribution in [2.45, 2.75) is 39.7 Å². The summed E-state index contributed by atoms with van der Waals surface area (Å²) >= 11 is 0. The molecule has 1 heterocycles. The zero-order valence-electron chi connectivity index (χ0n) is 9.55. The van der Waals surface area contributed by atoms with Crippen molar-refractivity contribution >= 4 is 5.90 Å². The first-order valence-electron chi connectivity index (χ1n) is 5.32. The van der Waals surface area contributed by atoms with Gasteiger partial charge in [0.2, 0.25) is 5.90 Å². The smallest absolute Gasteiger partial charge is 0.208 e. The molecule has 0 aliphatic carbocycles. The van der Waals surface area contributed by atoms with E-state index >= 15 is 0 Å². The zero-order chi connectivity index (χ0) is 10.8. The van der Waals surface area contributed by atoms with E-state index in [2.05, 4.69) is 32.6 Å². The molecule has 0 aromatic carbocycles. The molecule has 0 radical (unpaired) electrons. The molecule has 0 saturated heterocycles. The minimum Gasteiger partial charge on any atom is -0.465 e. The second-order valence-electron chi connectivity index (χ2n) is 3.75. The molecule has 1 atom stereocenters. The largest absolute Gasteiger partial charge is 0.465 e. The van der Waals surface area contributed by atoms with Gasteiger partial charge in [0.25, 0.3) is 0 Å². The van der Waals surface area contributed by atoms with E-state index in [0.29, 0.717) is 0 Å². The monoisotopic (exact) mass is 196 g/mol. The number of nitrogens with zero attached hydrogens (tertiary/aromatic N) is 1. The van der Waals surface area contributed by atoms with Gasteiger partial charge in [-0.3, -0.25) is 5.41 Å². The van der Waals surface area contributed by atoms with Gasteiger partial charge in [0.1, 0.15) is 5.60 Å². The number of rotatable bonds is 4. The number of hydrogen-bond acceptors (Lipinski definition) is 3. The standard InChI is InChI=1S/C11H20N2O/c1-5-11(4)9(8-10(12)14-11)13(6-2)7-3/h8,12H,5-7H2,1-4H3. The van der Waals surface area contributed by atoms with Gasteiger partial charge in [-0.05, 0) is 27.2 Å². The summed E-state index contributed by atoms with van der Waals surface area (Å²) < 4.78 is 5.54. The van der Waals surface area contributed by atoms with E-state index < -0.39 is 0 Å². The molecule has 1 N–H and O–H groups in total. The van der Waals surface area contributed by atoms with E-state index in [1.165, 1.54) is 0 Å². The number of ether oxygens (including phenoxy) is 1. The Kier molecular flexibility index (Phi) is 3.19. The molecule has 3 heteroatoms. The van der Waals surface area contributed by atoms with E-state index in [-0.39, 0.29) is 11.5 Å². The van der Waals surface area contributed by atoms with Crippen LogP contribution < -0.4 is 0 Å². The van der Waals surface area contributed by atoms with Crippen LogP contribution in [0.4, 0.5) is 0 Å². The Labute approximate surface area is 86.3 Å². The maximum Gasteiger partial charge on any atom is 0.208 e. The van der Waals surface area contributed by atoms with Crippen molar-refractivity contribution in [1.82, 2.24) is 4.90 Å². The highest BCUT2D eigenvalue weighted by Crippen LogP contribution is 2.33. The summed E-state index contributed by atoms with van der Waals surface area (Å²) in [5.74, 6) is 0.288. The van der Waals surface area contributed by atoms with Gasteiger partial charge in [-0.2, -0.15) is 0 Å². The van der Waals surface area contributed by atoms with Gasteiger partial charge >= 0.3 is 0 Å². The summed E-state index contributed by atoms with van der Waals surface area (Å²) in [4.78, 5) is 2.26. The van der Waals surface area contributed by atoms with E-state index in [1.807, 2.05) is 6.08 Å². The molecule has 1 unspecified atom stereocenters. The molecule has 80 valence electrons. The summed E-state index contributed by atoms with van der Waals surface area (Å²) in [5, 5.41) is 7.56. The average molecular weight is 196 g/mol. The molecule has 0 spiro atoms. The van der Waals surface area contributed by atoms with Gasteiger partial charge in [-0.1, -0.05) is 6.92 Å². The van der Waals surface area contributed by atoms with Crippen molar-refractivity contribution in [2.24, 2.45) is 0 Å². The Morgan fingerprint density at radius 3 is 2.36 bits per heavy atom. The summed E-state index contributed by atoms with van der Waals surface area (Å²) in [6, 6.07) is 0. The summed E-state index contributed by atoms with van der Waals surface area (Å²) in [7, 11) is 0. The SMILES string of the molecule is CCN(CC)C1=CC(=N)OC1(C)CC. The van der Waals surface area contributed by atoms with Crippen molar-refractivity contribution in [3.8, 4) is 0 Å². The van der Waals surface area contributed by atoms with Crippen LogP contribution in [0.3, 0.4) is 0 Å². The van der Waals surface area contributed by atoms with Crippen LogP contribution in [-0.4, -0.2) is 29.5 Å². The van der Waals surface area contributed by atoms with Crippen LogP contribution in [0.2, 0.25) is 0 Å². The maximum atomic E-state index is 7.56. The molecule has 0 fully saturated rings. The highest BCUT2D eigenvalue weighted by Gasteiger charge is 2.37. The molecule has 1 rings (SSSR count). The Bertz CT molecular complexity index is 256. The number of hydrogen-bond donors (Lipinski definition) is 1. The van der Waals surface area contributed by atoms with Crippen molar-refractivity contribution in [1.29, 1.82) is 5.41 Å². The molecular weight excluding hydrogens is 176 g/mol. The topological polar surface area (TPSA) is 36.3 Å². The Balaban J connectivity index is 2.93. The average Bonchev–Trinajstić information content (AvgIpc) is 2.46. The Hall–Kier alpha value is -0.990. The molecule has 0 aromatic heterocycles. The van der Waals surface area contributed by atoms with Gasteiger partial charge in [-0.25, -0.2) is 0 Å². The Morgan fingerprint density at radius 2 is 1.93 bits per heavy atom. The van der Waals surface area contributed by atoms with Gasteiger partial charge in [0, 0.05) is 19.2 Å². The molecule has 1 aliphatic rings. The molecule has 1 aliphatic heterocycles. The highest BCUT2D eigenvalue weighted by molar-refractivity contribution is 5.89. The third-order valence-corrected chi connectivity index (χ3v) is 2.92. The van der Waals surface area contributed by atoms with Crippen LogP contribution in [0.5, 0.6) is 0 Å². The molecule has 14 heavy (non-hydrogen) atoms. The van der Waals surface area contributed by atoms with Gasteiger partial charge < -0.3 is 9.64 Å². The van der Waals surface area contributed by atoms with Gasteiger partial charge in [-0.15, -0.1) is 0 Å². The second-order valence-corrected chi connectivity index (χ2v) is 3.75. The highest BCUT2D eigenvalue weighted by atomic mass is 16.5. The minimum atomic E-state index is -0.289. The fourth-order valence-electron chi connectivity index (χ4n) is 1.84. The lowest BCUT2D eigenvalue weighted by atomic mass is 9.99. The lowest BCUT2D eigenvalue weighted by molar-refractivity contribution is 0.0908. The lowest BCUT2D eigenvalue weighted by Crippen LogP contribution is -2.37. The van der Waals surface area contributed by atoms with Crippen molar-refractivity contribution < 1.29 is 4.74 Å². The third kappa shape index (κ3) is 1.76. The van der Waals surface area contributed by atoms with E-state index in [9.17, 15) is 0 Å². The maximum absolute atomic E-state index is 7.56. The van der Waals surface area contributed by atoms with Crippen LogP contribution >= 0.6 is 0 Å². The number of nitrogens with one attached hydrogen (secondary N) is 1. The molecule has 0 aromatic rings. The zero-order valence-corrected chi connectivity index (χ0v) is 9.55. The predicted octanol–water partition coefficient (Wildman–Crippen LogP) is 2.39. The van der Waals surface area contributed by atoms with E-state index in [1.54, 1.807) is 0 Å². The second kappa shape index (κ2) is 4.03. The first-order chi connectivity index (χ1) is 6.57.